The van der Waals surface area contributed by atoms with Crippen molar-refractivity contribution in [2.24, 2.45) is 10.7 Å². The highest BCUT2D eigenvalue weighted by Gasteiger charge is 2.27. The molecule has 3 aromatic carbocycles. The molecule has 0 bridgehead atoms. The summed E-state index contributed by atoms with van der Waals surface area (Å²) in [4.78, 5) is 4.72. The predicted octanol–water partition coefficient (Wildman–Crippen LogP) is 5.48. The monoisotopic (exact) mass is 429 g/mol. The van der Waals surface area contributed by atoms with Crippen molar-refractivity contribution in [2.75, 3.05) is 14.2 Å². The molecule has 2 unspecified atom stereocenters. The van der Waals surface area contributed by atoms with Crippen LogP contribution < -0.4 is 15.2 Å². The van der Waals surface area contributed by atoms with Gasteiger partial charge in [-0.05, 0) is 59.0 Å². The number of ether oxygens (including phenoxy) is 2. The Morgan fingerprint density at radius 2 is 1.68 bits per heavy atom. The van der Waals surface area contributed by atoms with Gasteiger partial charge in [-0.1, -0.05) is 48.2 Å². The molecule has 0 spiro atoms. The van der Waals surface area contributed by atoms with E-state index in [1.54, 1.807) is 26.0 Å². The Balaban J connectivity index is 1.63. The van der Waals surface area contributed by atoms with Crippen molar-refractivity contribution in [2.45, 2.75) is 17.7 Å². The Morgan fingerprint density at radius 1 is 0.935 bits per heavy atom. The third-order valence-corrected chi connectivity index (χ3v) is 6.46. The molecule has 0 radical (unpaired) electrons. The smallest absolute Gasteiger partial charge is 0.161 e. The molecular weight excluding hydrogens is 406 g/mol. The van der Waals surface area contributed by atoms with Crippen molar-refractivity contribution in [1.82, 2.24) is 0 Å². The highest BCUT2D eigenvalue weighted by Crippen LogP contribution is 2.45. The number of benzene rings is 3. The van der Waals surface area contributed by atoms with Gasteiger partial charge in [-0.25, -0.2) is 0 Å². The second-order valence-corrected chi connectivity index (χ2v) is 8.48. The lowest BCUT2D eigenvalue weighted by Gasteiger charge is -2.27. The summed E-state index contributed by atoms with van der Waals surface area (Å²) in [6, 6.07) is 24.1. The molecule has 0 aliphatic carbocycles. The van der Waals surface area contributed by atoms with Gasteiger partial charge in [0.25, 0.3) is 0 Å². The maximum Gasteiger partial charge on any atom is 0.161 e. The lowest BCUT2D eigenvalue weighted by atomic mass is 9.95. The third-order valence-electron chi connectivity index (χ3n) is 5.36. The van der Waals surface area contributed by atoms with E-state index in [9.17, 15) is 5.26 Å². The summed E-state index contributed by atoms with van der Waals surface area (Å²) >= 11 is 1.57. The van der Waals surface area contributed by atoms with E-state index < -0.39 is 0 Å². The summed E-state index contributed by atoms with van der Waals surface area (Å²) in [5.41, 5.74) is 11.2. The second-order valence-electron chi connectivity index (χ2n) is 7.26. The number of nitriles is 1. The number of nitrogens with two attached hydrogens (primary N) is 1. The van der Waals surface area contributed by atoms with Crippen molar-refractivity contribution < 1.29 is 9.47 Å². The van der Waals surface area contributed by atoms with Gasteiger partial charge in [0.15, 0.2) is 16.7 Å². The lowest BCUT2D eigenvalue weighted by Crippen LogP contribution is -2.18. The van der Waals surface area contributed by atoms with Gasteiger partial charge in [-0.2, -0.15) is 5.26 Å². The number of aliphatic imine (C=N–C) groups is 1. The van der Waals surface area contributed by atoms with Crippen molar-refractivity contribution in [3.05, 3.63) is 83.4 Å². The first-order valence-electron chi connectivity index (χ1n) is 9.93. The normalized spacial score (nSPS) is 18.0. The van der Waals surface area contributed by atoms with Gasteiger partial charge in [0, 0.05) is 5.25 Å². The minimum absolute atomic E-state index is 0.0431. The summed E-state index contributed by atoms with van der Waals surface area (Å²) in [5, 5.41) is 9.94. The maximum atomic E-state index is 9.20. The standard InChI is InChI=1S/C25H23N3O2S/c1-29-22-10-9-20(13-23(22)30-2)24-14-21(28-25(27)31-24)19-8-4-7-18(12-19)17-6-3-5-16(11-17)15-26/h3-13,21,24H,14H2,1-2H3,(H2,27,28). The van der Waals surface area contributed by atoms with Crippen LogP contribution in [-0.2, 0) is 0 Å². The van der Waals surface area contributed by atoms with Gasteiger partial charge in [0.05, 0.1) is 31.9 Å². The molecule has 6 heteroatoms. The Kier molecular flexibility index (Phi) is 6.15. The summed E-state index contributed by atoms with van der Waals surface area (Å²) in [6.07, 6.45) is 0.822. The number of thioether (sulfide) groups is 1. The number of nitrogens with zero attached hydrogens (tertiary/aromatic N) is 2. The van der Waals surface area contributed by atoms with Crippen LogP contribution >= 0.6 is 11.8 Å². The molecule has 31 heavy (non-hydrogen) atoms. The van der Waals surface area contributed by atoms with Crippen LogP contribution in [0.2, 0.25) is 0 Å². The van der Waals surface area contributed by atoms with E-state index >= 15 is 0 Å². The first-order valence-corrected chi connectivity index (χ1v) is 10.8. The third kappa shape index (κ3) is 4.52. The highest BCUT2D eigenvalue weighted by molar-refractivity contribution is 8.14. The Morgan fingerprint density at radius 3 is 2.42 bits per heavy atom. The van der Waals surface area contributed by atoms with E-state index in [4.69, 9.17) is 20.2 Å². The molecule has 0 saturated carbocycles. The number of hydrogen-bond donors (Lipinski definition) is 1. The average molecular weight is 430 g/mol. The van der Waals surface area contributed by atoms with Crippen molar-refractivity contribution in [1.29, 1.82) is 5.26 Å². The number of amidine groups is 1. The molecule has 2 N–H and O–H groups in total. The number of hydrogen-bond acceptors (Lipinski definition) is 6. The molecule has 0 aromatic heterocycles. The Labute approximate surface area is 186 Å². The molecule has 0 saturated heterocycles. The molecule has 1 aliphatic rings. The van der Waals surface area contributed by atoms with Crippen LogP contribution in [0.25, 0.3) is 11.1 Å². The molecule has 156 valence electrons. The first-order chi connectivity index (χ1) is 15.1. The van der Waals surface area contributed by atoms with Crippen molar-refractivity contribution in [3.8, 4) is 28.7 Å². The van der Waals surface area contributed by atoms with Crippen LogP contribution in [0, 0.1) is 11.3 Å². The average Bonchev–Trinajstić information content (AvgIpc) is 2.83. The van der Waals surface area contributed by atoms with Crippen LogP contribution in [0.1, 0.15) is 34.4 Å². The summed E-state index contributed by atoms with van der Waals surface area (Å²) in [5.74, 6) is 1.41. The zero-order valence-electron chi connectivity index (χ0n) is 17.4. The molecule has 5 nitrogen and oxygen atoms in total. The predicted molar refractivity (Wildman–Crippen MR) is 125 cm³/mol. The molecule has 0 amide bonds. The molecule has 1 heterocycles. The molecule has 0 fully saturated rings. The number of methoxy groups -OCH3 is 2. The van der Waals surface area contributed by atoms with E-state index in [-0.39, 0.29) is 11.3 Å². The maximum absolute atomic E-state index is 9.20. The van der Waals surface area contributed by atoms with Crippen molar-refractivity contribution >= 4 is 16.9 Å². The quantitative estimate of drug-likeness (QED) is 0.581. The molecule has 2 atom stereocenters. The summed E-state index contributed by atoms with van der Waals surface area (Å²) in [7, 11) is 3.27. The SMILES string of the molecule is COc1ccc(C2CC(c3cccc(-c4cccc(C#N)c4)c3)N=C(N)S2)cc1OC. The minimum atomic E-state index is -0.0431. The van der Waals surface area contributed by atoms with E-state index in [0.717, 1.165) is 28.7 Å². The van der Waals surface area contributed by atoms with Gasteiger partial charge in [-0.15, -0.1) is 0 Å². The molecular formula is C25H23N3O2S. The lowest BCUT2D eigenvalue weighted by molar-refractivity contribution is 0.354. The van der Waals surface area contributed by atoms with E-state index in [2.05, 4.69) is 30.3 Å². The van der Waals surface area contributed by atoms with Crippen LogP contribution in [0.3, 0.4) is 0 Å². The van der Waals surface area contributed by atoms with Crippen LogP contribution in [0.15, 0.2) is 71.7 Å². The van der Waals surface area contributed by atoms with Crippen molar-refractivity contribution in [3.63, 3.8) is 0 Å². The fourth-order valence-electron chi connectivity index (χ4n) is 3.80. The van der Waals surface area contributed by atoms with Gasteiger partial charge in [-0.3, -0.25) is 4.99 Å². The van der Waals surface area contributed by atoms with E-state index in [1.165, 1.54) is 0 Å². The van der Waals surface area contributed by atoms with E-state index in [1.807, 2.05) is 42.5 Å². The fourth-order valence-corrected chi connectivity index (χ4v) is 4.84. The Hall–Kier alpha value is -3.43. The summed E-state index contributed by atoms with van der Waals surface area (Å²) in [6.45, 7) is 0. The van der Waals surface area contributed by atoms with Gasteiger partial charge in [0.1, 0.15) is 0 Å². The van der Waals surface area contributed by atoms with Crippen LogP contribution in [0.5, 0.6) is 11.5 Å². The molecule has 1 aliphatic heterocycles. The second kappa shape index (κ2) is 9.15. The van der Waals surface area contributed by atoms with Gasteiger partial charge < -0.3 is 15.2 Å². The Bertz CT molecular complexity index is 1170. The number of rotatable bonds is 5. The first kappa shape index (κ1) is 20.8. The van der Waals surface area contributed by atoms with Gasteiger partial charge >= 0.3 is 0 Å². The largest absolute Gasteiger partial charge is 0.493 e. The van der Waals surface area contributed by atoms with Crippen LogP contribution in [-0.4, -0.2) is 19.4 Å². The minimum Gasteiger partial charge on any atom is -0.493 e. The topological polar surface area (TPSA) is 80.6 Å². The fraction of sp³-hybridized carbons (Fsp3) is 0.200. The van der Waals surface area contributed by atoms with Gasteiger partial charge in [0.2, 0.25) is 0 Å². The molecule has 4 rings (SSSR count). The van der Waals surface area contributed by atoms with E-state index in [0.29, 0.717) is 22.2 Å². The highest BCUT2D eigenvalue weighted by atomic mass is 32.2. The summed E-state index contributed by atoms with van der Waals surface area (Å²) < 4.78 is 10.8. The zero-order valence-corrected chi connectivity index (χ0v) is 18.2. The zero-order chi connectivity index (χ0) is 21.8. The molecule has 3 aromatic rings. The van der Waals surface area contributed by atoms with Crippen LogP contribution in [0.4, 0.5) is 0 Å².